The van der Waals surface area contributed by atoms with E-state index in [4.69, 9.17) is 21.7 Å². The van der Waals surface area contributed by atoms with Crippen molar-refractivity contribution in [2.45, 2.75) is 49.0 Å². The molecule has 3 aromatic rings. The SMILES string of the molecule is NC(Cc1c(SSC[C@@H](NC(=O)CC[C@H](N)C(=O)O)C(=O)NCC(=O)O)[nH]c2ccccc12)C(=O)NCc1ccccc1. The van der Waals surface area contributed by atoms with Crippen LogP contribution in [0.5, 0.6) is 0 Å². The normalized spacial score (nSPS) is 13.1. The highest BCUT2D eigenvalue weighted by Gasteiger charge is 2.24. The third-order valence-electron chi connectivity index (χ3n) is 6.29. The predicted molar refractivity (Wildman–Crippen MR) is 164 cm³/mol. The molecule has 0 radical (unpaired) electrons. The Hall–Kier alpha value is -4.05. The second-order valence-electron chi connectivity index (χ2n) is 9.58. The number of H-pyrrole nitrogens is 1. The third kappa shape index (κ3) is 10.6. The Morgan fingerprint density at radius 1 is 0.884 bits per heavy atom. The van der Waals surface area contributed by atoms with Crippen LogP contribution >= 0.6 is 21.6 Å². The van der Waals surface area contributed by atoms with Gasteiger partial charge in [-0.25, -0.2) is 0 Å². The average molecular weight is 631 g/mol. The molecule has 0 aliphatic carbocycles. The molecule has 2 aromatic carbocycles. The van der Waals surface area contributed by atoms with Crippen LogP contribution in [0.2, 0.25) is 0 Å². The molecule has 3 amide bonds. The molecule has 0 saturated carbocycles. The van der Waals surface area contributed by atoms with Gasteiger partial charge in [0.25, 0.3) is 0 Å². The van der Waals surface area contributed by atoms with Crippen molar-refractivity contribution in [3.05, 3.63) is 65.7 Å². The Morgan fingerprint density at radius 2 is 1.58 bits per heavy atom. The lowest BCUT2D eigenvalue weighted by atomic mass is 10.0. The van der Waals surface area contributed by atoms with Gasteiger partial charge in [0.05, 0.1) is 11.1 Å². The minimum absolute atomic E-state index is 0.0469. The first-order valence-electron chi connectivity index (χ1n) is 13.3. The van der Waals surface area contributed by atoms with Crippen LogP contribution in [0.1, 0.15) is 24.0 Å². The first kappa shape index (κ1) is 33.5. The molecule has 1 unspecified atom stereocenters. The molecule has 0 saturated heterocycles. The number of carbonyl (C=O) groups excluding carboxylic acids is 3. The summed E-state index contributed by atoms with van der Waals surface area (Å²) in [4.78, 5) is 63.1. The summed E-state index contributed by atoms with van der Waals surface area (Å²) in [5.74, 6) is -4.07. The molecule has 3 atom stereocenters. The van der Waals surface area contributed by atoms with E-state index >= 15 is 0 Å². The number of fused-ring (bicyclic) bond motifs is 1. The summed E-state index contributed by atoms with van der Waals surface area (Å²) in [6.07, 6.45) is -0.134. The molecule has 230 valence electrons. The topological polar surface area (TPSA) is 230 Å². The molecule has 0 aliphatic heterocycles. The van der Waals surface area contributed by atoms with E-state index in [1.165, 1.54) is 21.6 Å². The molecular formula is C28H34N6O7S2. The molecule has 0 aliphatic rings. The maximum Gasteiger partial charge on any atom is 0.322 e. The van der Waals surface area contributed by atoms with E-state index < -0.39 is 48.4 Å². The van der Waals surface area contributed by atoms with Gasteiger partial charge in [-0.15, -0.1) is 0 Å². The molecular weight excluding hydrogens is 596 g/mol. The highest BCUT2D eigenvalue weighted by Crippen LogP contribution is 2.37. The lowest BCUT2D eigenvalue weighted by Gasteiger charge is -2.18. The van der Waals surface area contributed by atoms with E-state index in [9.17, 15) is 24.0 Å². The van der Waals surface area contributed by atoms with Crippen molar-refractivity contribution in [1.29, 1.82) is 0 Å². The molecule has 13 nitrogen and oxygen atoms in total. The molecule has 3 rings (SSSR count). The molecule has 0 spiro atoms. The monoisotopic (exact) mass is 630 g/mol. The minimum Gasteiger partial charge on any atom is -0.480 e. The summed E-state index contributed by atoms with van der Waals surface area (Å²) < 4.78 is 0. The number of aliphatic carboxylic acids is 2. The standard InChI is InChI=1S/C28H34N6O7S2/c29-19(28(40)41)10-11-23(35)33-22(26(39)32-14-24(36)37)15-42-43-27-18(17-8-4-5-9-21(17)34-27)12-20(30)25(38)31-13-16-6-2-1-3-7-16/h1-9,19-20,22,34H,10-15,29-30H2,(H,31,38)(H,32,39)(H,33,35)(H,36,37)(H,40,41)/t19-,20?,22+/m0/s1. The van der Waals surface area contributed by atoms with Crippen LogP contribution in [0.25, 0.3) is 10.9 Å². The summed E-state index contributed by atoms with van der Waals surface area (Å²) in [6.45, 7) is -0.290. The van der Waals surface area contributed by atoms with Gasteiger partial charge in [0.15, 0.2) is 0 Å². The van der Waals surface area contributed by atoms with Gasteiger partial charge in [0.2, 0.25) is 17.7 Å². The van der Waals surface area contributed by atoms with Crippen LogP contribution in [-0.4, -0.2) is 75.3 Å². The fourth-order valence-corrected chi connectivity index (χ4v) is 6.38. The fourth-order valence-electron chi connectivity index (χ4n) is 3.98. The molecule has 0 fully saturated rings. The average Bonchev–Trinajstić information content (AvgIpc) is 3.33. The largest absolute Gasteiger partial charge is 0.480 e. The van der Waals surface area contributed by atoms with Gasteiger partial charge >= 0.3 is 11.9 Å². The second kappa shape index (κ2) is 16.6. The maximum absolute atomic E-state index is 12.8. The lowest BCUT2D eigenvalue weighted by molar-refractivity contribution is -0.139. The van der Waals surface area contributed by atoms with Gasteiger partial charge in [-0.1, -0.05) is 59.3 Å². The van der Waals surface area contributed by atoms with Crippen molar-refractivity contribution in [2.75, 3.05) is 12.3 Å². The van der Waals surface area contributed by atoms with Crippen LogP contribution in [0.3, 0.4) is 0 Å². The number of aromatic nitrogens is 1. The highest BCUT2D eigenvalue weighted by molar-refractivity contribution is 8.76. The molecule has 10 N–H and O–H groups in total. The van der Waals surface area contributed by atoms with Crippen molar-refractivity contribution in [2.24, 2.45) is 11.5 Å². The summed E-state index contributed by atoms with van der Waals surface area (Å²) in [5, 5.41) is 27.1. The number of carboxylic acid groups (broad SMARTS) is 2. The zero-order chi connectivity index (χ0) is 31.4. The van der Waals surface area contributed by atoms with Gasteiger partial charge in [-0.05, 0) is 40.8 Å². The van der Waals surface area contributed by atoms with E-state index in [2.05, 4.69) is 20.9 Å². The third-order valence-corrected chi connectivity index (χ3v) is 8.65. The Bertz CT molecular complexity index is 1440. The summed E-state index contributed by atoms with van der Waals surface area (Å²) in [5.41, 5.74) is 14.3. The van der Waals surface area contributed by atoms with Gasteiger partial charge in [0, 0.05) is 29.6 Å². The fraction of sp³-hybridized carbons (Fsp3) is 0.321. The number of benzene rings is 2. The number of nitrogens with one attached hydrogen (secondary N) is 4. The number of hydrogen-bond acceptors (Lipinski definition) is 9. The Balaban J connectivity index is 1.67. The Labute approximate surface area is 255 Å². The maximum atomic E-state index is 12.8. The van der Waals surface area contributed by atoms with Crippen LogP contribution in [0.4, 0.5) is 0 Å². The number of amides is 3. The number of aromatic amines is 1. The number of nitrogens with two attached hydrogens (primary N) is 2. The van der Waals surface area contributed by atoms with Crippen LogP contribution in [-0.2, 0) is 36.9 Å². The first-order valence-corrected chi connectivity index (χ1v) is 15.6. The Morgan fingerprint density at radius 3 is 2.28 bits per heavy atom. The first-order chi connectivity index (χ1) is 20.5. The van der Waals surface area contributed by atoms with Crippen molar-refractivity contribution in [1.82, 2.24) is 20.9 Å². The van der Waals surface area contributed by atoms with E-state index in [-0.39, 0.29) is 30.9 Å². The van der Waals surface area contributed by atoms with Crippen molar-refractivity contribution >= 4 is 62.2 Å². The lowest BCUT2D eigenvalue weighted by Crippen LogP contribution is -2.49. The van der Waals surface area contributed by atoms with Crippen LogP contribution < -0.4 is 27.4 Å². The van der Waals surface area contributed by atoms with Gasteiger partial charge in [-0.2, -0.15) is 0 Å². The van der Waals surface area contributed by atoms with Crippen LogP contribution in [0, 0.1) is 0 Å². The number of carboxylic acids is 2. The number of rotatable bonds is 17. The molecule has 0 bridgehead atoms. The van der Waals surface area contributed by atoms with E-state index in [0.29, 0.717) is 11.6 Å². The summed E-state index contributed by atoms with van der Waals surface area (Å²) in [7, 11) is 2.51. The predicted octanol–water partition coefficient (Wildman–Crippen LogP) is 0.972. The summed E-state index contributed by atoms with van der Waals surface area (Å²) in [6, 6.07) is 13.8. The molecule has 15 heteroatoms. The van der Waals surface area contributed by atoms with E-state index in [0.717, 1.165) is 22.0 Å². The smallest absolute Gasteiger partial charge is 0.322 e. The van der Waals surface area contributed by atoms with E-state index in [1.54, 1.807) is 0 Å². The van der Waals surface area contributed by atoms with Crippen molar-refractivity contribution < 1.29 is 34.2 Å². The van der Waals surface area contributed by atoms with Gasteiger partial charge in [0.1, 0.15) is 18.6 Å². The highest BCUT2D eigenvalue weighted by atomic mass is 33.1. The molecule has 43 heavy (non-hydrogen) atoms. The zero-order valence-electron chi connectivity index (χ0n) is 23.1. The van der Waals surface area contributed by atoms with Crippen molar-refractivity contribution in [3.8, 4) is 0 Å². The van der Waals surface area contributed by atoms with Crippen LogP contribution in [0.15, 0.2) is 59.6 Å². The summed E-state index contributed by atoms with van der Waals surface area (Å²) >= 11 is 0. The number of para-hydroxylation sites is 1. The van der Waals surface area contributed by atoms with E-state index in [1.807, 2.05) is 54.6 Å². The number of carbonyl (C=O) groups is 5. The quantitative estimate of drug-likeness (QED) is 0.0980. The zero-order valence-corrected chi connectivity index (χ0v) is 24.7. The number of hydrogen-bond donors (Lipinski definition) is 8. The second-order valence-corrected chi connectivity index (χ2v) is 11.9. The molecule has 1 aromatic heterocycles. The minimum atomic E-state index is -1.25. The molecule has 1 heterocycles. The van der Waals surface area contributed by atoms with Gasteiger partial charge in [-0.3, -0.25) is 24.0 Å². The Kier molecular flexibility index (Phi) is 12.9. The van der Waals surface area contributed by atoms with Gasteiger partial charge < -0.3 is 42.6 Å². The van der Waals surface area contributed by atoms with Crippen molar-refractivity contribution in [3.63, 3.8) is 0 Å².